The molecule has 9 heteroatoms. The van der Waals surface area contributed by atoms with Gasteiger partial charge in [0.2, 0.25) is 5.82 Å². The molecule has 0 aliphatic carbocycles. The van der Waals surface area contributed by atoms with E-state index in [0.29, 0.717) is 25.3 Å². The van der Waals surface area contributed by atoms with Gasteiger partial charge in [-0.25, -0.2) is 14.3 Å². The van der Waals surface area contributed by atoms with E-state index in [-0.39, 0.29) is 11.7 Å². The fraction of sp³-hybridized carbons (Fsp3) is 0.316. The minimum atomic E-state index is -0.650. The van der Waals surface area contributed by atoms with E-state index in [1.807, 2.05) is 31.2 Å². The number of carbonyl (C=O) groups is 2. The van der Waals surface area contributed by atoms with Gasteiger partial charge in [-0.1, -0.05) is 24.3 Å². The second kappa shape index (κ2) is 7.26. The quantitative estimate of drug-likeness (QED) is 0.729. The van der Waals surface area contributed by atoms with Crippen molar-refractivity contribution in [1.29, 1.82) is 0 Å². The predicted molar refractivity (Wildman–Crippen MR) is 102 cm³/mol. The summed E-state index contributed by atoms with van der Waals surface area (Å²) < 4.78 is 3.37. The van der Waals surface area contributed by atoms with Crippen LogP contribution in [0, 0.1) is 6.92 Å². The third-order valence-corrected chi connectivity index (χ3v) is 4.93. The number of carbonyl (C=O) groups excluding carboxylic acids is 2. The zero-order valence-electron chi connectivity index (χ0n) is 15.7. The predicted octanol–water partition coefficient (Wildman–Crippen LogP) is 0.996. The Hall–Kier alpha value is -3.49. The first-order chi connectivity index (χ1) is 13.5. The van der Waals surface area contributed by atoms with Crippen molar-refractivity contribution in [3.05, 3.63) is 59.8 Å². The van der Waals surface area contributed by atoms with Gasteiger partial charge >= 0.3 is 0 Å². The zero-order chi connectivity index (χ0) is 19.7. The average Bonchev–Trinajstić information content (AvgIpc) is 3.33. The Morgan fingerprint density at radius 1 is 1.29 bits per heavy atom. The molecule has 0 unspecified atom stereocenters. The summed E-state index contributed by atoms with van der Waals surface area (Å²) in [5, 5.41) is 11.2. The van der Waals surface area contributed by atoms with Crippen LogP contribution in [0.4, 0.5) is 5.82 Å². The Morgan fingerprint density at radius 3 is 2.93 bits per heavy atom. The maximum absolute atomic E-state index is 12.7. The number of aryl methyl sites for hydroxylation is 2. The van der Waals surface area contributed by atoms with Crippen LogP contribution in [0.25, 0.3) is 0 Å². The first kappa shape index (κ1) is 17.9. The van der Waals surface area contributed by atoms with Gasteiger partial charge in [-0.05, 0) is 24.5 Å². The van der Waals surface area contributed by atoms with E-state index in [0.717, 1.165) is 11.1 Å². The minimum absolute atomic E-state index is 0.0472. The second-order valence-electron chi connectivity index (χ2n) is 6.82. The van der Waals surface area contributed by atoms with E-state index in [1.54, 1.807) is 28.7 Å². The number of benzene rings is 1. The van der Waals surface area contributed by atoms with Crippen molar-refractivity contribution < 1.29 is 9.59 Å². The van der Waals surface area contributed by atoms with Gasteiger partial charge in [0.15, 0.2) is 0 Å². The lowest BCUT2D eigenvalue weighted by molar-refractivity contribution is -0.120. The van der Waals surface area contributed by atoms with Crippen LogP contribution in [-0.2, 0) is 17.9 Å². The molecule has 0 saturated carbocycles. The van der Waals surface area contributed by atoms with E-state index in [9.17, 15) is 9.59 Å². The molecule has 1 atom stereocenters. The number of likely N-dealkylation sites (N-methyl/N-ethyl adjacent to an activating group) is 1. The molecule has 1 aliphatic heterocycles. The van der Waals surface area contributed by atoms with Gasteiger partial charge in [0.05, 0.1) is 12.7 Å². The molecule has 2 aromatic heterocycles. The maximum Gasteiger partial charge on any atom is 0.291 e. The zero-order valence-corrected chi connectivity index (χ0v) is 15.7. The van der Waals surface area contributed by atoms with Gasteiger partial charge in [-0.2, -0.15) is 5.10 Å². The van der Waals surface area contributed by atoms with Crippen molar-refractivity contribution >= 4 is 17.6 Å². The van der Waals surface area contributed by atoms with Gasteiger partial charge in [-0.3, -0.25) is 14.5 Å². The van der Waals surface area contributed by atoms with Crippen molar-refractivity contribution in [3.63, 3.8) is 0 Å². The fourth-order valence-electron chi connectivity index (χ4n) is 3.30. The van der Waals surface area contributed by atoms with Crippen LogP contribution in [0.1, 0.15) is 28.2 Å². The smallest absolute Gasteiger partial charge is 0.291 e. The molecule has 144 valence electrons. The molecule has 3 aromatic rings. The minimum Gasteiger partial charge on any atom is -0.337 e. The molecule has 1 aliphatic rings. The van der Waals surface area contributed by atoms with Gasteiger partial charge in [0, 0.05) is 19.7 Å². The number of fused-ring (bicyclic) bond motifs is 1. The maximum atomic E-state index is 12.7. The topological polar surface area (TPSA) is 97.9 Å². The number of nitrogens with one attached hydrogen (secondary N) is 1. The molecule has 1 N–H and O–H groups in total. The van der Waals surface area contributed by atoms with Gasteiger partial charge in [0.1, 0.15) is 18.2 Å². The van der Waals surface area contributed by atoms with Crippen LogP contribution in [0.15, 0.2) is 42.9 Å². The molecular formula is C19H21N7O2. The Labute approximate surface area is 162 Å². The number of anilines is 1. The first-order valence-corrected chi connectivity index (χ1v) is 9.07. The highest BCUT2D eigenvalue weighted by atomic mass is 16.2. The number of nitrogens with zero attached hydrogens (tertiary/aromatic N) is 6. The lowest BCUT2D eigenvalue weighted by atomic mass is 10.1. The van der Waals surface area contributed by atoms with Gasteiger partial charge in [0.25, 0.3) is 11.8 Å². The van der Waals surface area contributed by atoms with Crippen molar-refractivity contribution in [2.45, 2.75) is 32.5 Å². The summed E-state index contributed by atoms with van der Waals surface area (Å²) in [7, 11) is 1.68. The average molecular weight is 379 g/mol. The Kier molecular flexibility index (Phi) is 4.64. The van der Waals surface area contributed by atoms with Crippen molar-refractivity contribution in [2.24, 2.45) is 0 Å². The molecule has 0 bridgehead atoms. The summed E-state index contributed by atoms with van der Waals surface area (Å²) >= 11 is 0. The monoisotopic (exact) mass is 379 g/mol. The first-order valence-electron chi connectivity index (χ1n) is 9.07. The molecule has 3 heterocycles. The van der Waals surface area contributed by atoms with Gasteiger partial charge in [-0.15, -0.1) is 5.10 Å². The molecular weight excluding hydrogens is 358 g/mol. The third kappa shape index (κ3) is 3.38. The highest BCUT2D eigenvalue weighted by Gasteiger charge is 2.30. The van der Waals surface area contributed by atoms with Crippen LogP contribution in [0.5, 0.6) is 0 Å². The molecule has 1 aromatic carbocycles. The lowest BCUT2D eigenvalue weighted by Crippen LogP contribution is -2.47. The largest absolute Gasteiger partial charge is 0.337 e. The second-order valence-corrected chi connectivity index (χ2v) is 6.82. The summed E-state index contributed by atoms with van der Waals surface area (Å²) in [6, 6.07) is 9.11. The third-order valence-electron chi connectivity index (χ3n) is 4.93. The van der Waals surface area contributed by atoms with E-state index >= 15 is 0 Å². The Morgan fingerprint density at radius 2 is 2.11 bits per heavy atom. The molecule has 4 rings (SSSR count). The highest BCUT2D eigenvalue weighted by molar-refractivity contribution is 6.00. The van der Waals surface area contributed by atoms with Crippen molar-refractivity contribution in [1.82, 2.24) is 29.9 Å². The van der Waals surface area contributed by atoms with E-state index < -0.39 is 11.9 Å². The number of hydrogen-bond acceptors (Lipinski definition) is 5. The number of hydrogen-bond donors (Lipinski definition) is 1. The normalized spacial score (nSPS) is 16.6. The van der Waals surface area contributed by atoms with Crippen LogP contribution < -0.4 is 10.2 Å². The summed E-state index contributed by atoms with van der Waals surface area (Å²) in [4.78, 5) is 30.9. The van der Waals surface area contributed by atoms with E-state index in [1.165, 1.54) is 11.2 Å². The Bertz CT molecular complexity index is 1020. The van der Waals surface area contributed by atoms with Crippen LogP contribution in [0.2, 0.25) is 0 Å². The standard InChI is InChI=1S/C19H21N7O2/c1-13-5-3-4-6-14(13)11-25-12-20-17(23-25)18(27)22-15-8-10-26-16(7-9-21-26)24(2)19(15)28/h3-7,9,12,15H,8,10-11H2,1-2H3,(H,22,27)/t15-/m0/s1. The van der Waals surface area contributed by atoms with Crippen molar-refractivity contribution in [3.8, 4) is 0 Å². The van der Waals surface area contributed by atoms with Crippen LogP contribution in [-0.4, -0.2) is 49.4 Å². The molecule has 0 fully saturated rings. The molecule has 9 nitrogen and oxygen atoms in total. The summed E-state index contributed by atoms with van der Waals surface area (Å²) in [6.45, 7) is 3.09. The van der Waals surface area contributed by atoms with Crippen LogP contribution in [0.3, 0.4) is 0 Å². The molecule has 28 heavy (non-hydrogen) atoms. The summed E-state index contributed by atoms with van der Waals surface area (Å²) in [5.74, 6) is 0.107. The summed E-state index contributed by atoms with van der Waals surface area (Å²) in [5.41, 5.74) is 2.25. The number of aromatic nitrogens is 5. The molecule has 0 spiro atoms. The highest BCUT2D eigenvalue weighted by Crippen LogP contribution is 2.18. The van der Waals surface area contributed by atoms with E-state index in [2.05, 4.69) is 20.5 Å². The Balaban J connectivity index is 1.44. The fourth-order valence-corrected chi connectivity index (χ4v) is 3.30. The lowest BCUT2D eigenvalue weighted by Gasteiger charge is -2.19. The number of amides is 2. The SMILES string of the molecule is Cc1ccccc1Cn1cnc(C(=O)N[C@H]2CCn3nccc3N(C)C2=O)n1. The molecule has 0 radical (unpaired) electrons. The van der Waals surface area contributed by atoms with E-state index in [4.69, 9.17) is 0 Å². The van der Waals surface area contributed by atoms with Crippen LogP contribution >= 0.6 is 0 Å². The van der Waals surface area contributed by atoms with Crippen molar-refractivity contribution in [2.75, 3.05) is 11.9 Å². The number of rotatable bonds is 4. The molecule has 0 saturated heterocycles. The van der Waals surface area contributed by atoms with Gasteiger partial charge < -0.3 is 5.32 Å². The summed E-state index contributed by atoms with van der Waals surface area (Å²) in [6.07, 6.45) is 3.63. The molecule has 2 amide bonds.